The minimum Gasteiger partial charge on any atom is -0.452 e. The maximum Gasteiger partial charge on any atom is 0.338 e. The first kappa shape index (κ1) is 20.6. The fraction of sp³-hybridized carbons (Fsp3) is 0.600. The SMILES string of the molecule is CN(C)c1cccc(C(=O)OCC(=O)N(C2CCCC2)[C@@H]2CCS(=O)(=O)C2)c1. The Morgan fingerprint density at radius 2 is 1.82 bits per heavy atom. The minimum absolute atomic E-state index is 0.00800. The van der Waals surface area contributed by atoms with Gasteiger partial charge in [-0.05, 0) is 37.5 Å². The van der Waals surface area contributed by atoms with E-state index >= 15 is 0 Å². The maximum atomic E-state index is 12.9. The fourth-order valence-corrected chi connectivity index (χ4v) is 5.79. The van der Waals surface area contributed by atoms with Crippen molar-refractivity contribution in [2.24, 2.45) is 0 Å². The average Bonchev–Trinajstić information content (AvgIpc) is 3.30. The van der Waals surface area contributed by atoms with Crippen LogP contribution in [0.4, 0.5) is 5.69 Å². The third-order valence-electron chi connectivity index (χ3n) is 5.53. The standard InChI is InChI=1S/C20H28N2O5S/c1-21(2)17-9-5-6-15(12-17)20(24)27-13-19(23)22(16-7-3-4-8-16)18-10-11-28(25,26)14-18/h5-6,9,12,16,18H,3-4,7-8,10-11,13-14H2,1-2H3/t18-/m1/s1. The zero-order valence-electron chi connectivity index (χ0n) is 16.5. The summed E-state index contributed by atoms with van der Waals surface area (Å²) in [5.41, 5.74) is 1.25. The lowest BCUT2D eigenvalue weighted by molar-refractivity contribution is -0.139. The molecule has 0 spiro atoms. The summed E-state index contributed by atoms with van der Waals surface area (Å²) >= 11 is 0. The highest BCUT2D eigenvalue weighted by atomic mass is 32.2. The molecule has 154 valence electrons. The molecule has 1 atom stereocenters. The summed E-state index contributed by atoms with van der Waals surface area (Å²) in [6, 6.07) is 6.74. The Bertz CT molecular complexity index is 831. The van der Waals surface area contributed by atoms with Crippen LogP contribution >= 0.6 is 0 Å². The van der Waals surface area contributed by atoms with Crippen molar-refractivity contribution in [1.82, 2.24) is 4.90 Å². The van der Waals surface area contributed by atoms with Gasteiger partial charge in [0.25, 0.3) is 5.91 Å². The molecule has 1 saturated carbocycles. The van der Waals surface area contributed by atoms with Crippen LogP contribution in [0.3, 0.4) is 0 Å². The third kappa shape index (κ3) is 4.84. The number of amides is 1. The molecule has 1 aromatic carbocycles. The van der Waals surface area contributed by atoms with Crippen LogP contribution < -0.4 is 4.90 Å². The molecule has 1 aromatic rings. The summed E-state index contributed by atoms with van der Waals surface area (Å²) in [6.07, 6.45) is 4.28. The molecule has 28 heavy (non-hydrogen) atoms. The lowest BCUT2D eigenvalue weighted by atomic mass is 10.1. The van der Waals surface area contributed by atoms with Crippen molar-refractivity contribution >= 4 is 27.4 Å². The van der Waals surface area contributed by atoms with Crippen LogP contribution in [0.15, 0.2) is 24.3 Å². The number of ether oxygens (including phenoxy) is 1. The molecule has 0 N–H and O–H groups in total. The fourth-order valence-electron chi connectivity index (χ4n) is 4.08. The summed E-state index contributed by atoms with van der Waals surface area (Å²) in [7, 11) is 0.659. The van der Waals surface area contributed by atoms with Gasteiger partial charge in [0.2, 0.25) is 0 Å². The van der Waals surface area contributed by atoms with Gasteiger partial charge in [-0.1, -0.05) is 18.9 Å². The number of hydrogen-bond acceptors (Lipinski definition) is 6. The number of hydrogen-bond donors (Lipinski definition) is 0. The Labute approximate surface area is 166 Å². The maximum absolute atomic E-state index is 12.9. The molecule has 1 saturated heterocycles. The molecule has 3 rings (SSSR count). The smallest absolute Gasteiger partial charge is 0.338 e. The topological polar surface area (TPSA) is 84.0 Å². The predicted octanol–water partition coefficient (Wildman–Crippen LogP) is 1.87. The highest BCUT2D eigenvalue weighted by Crippen LogP contribution is 2.29. The molecular formula is C20H28N2O5S. The Morgan fingerprint density at radius 3 is 2.43 bits per heavy atom. The molecule has 1 amide bonds. The lowest BCUT2D eigenvalue weighted by Crippen LogP contribution is -2.48. The number of benzene rings is 1. The van der Waals surface area contributed by atoms with E-state index in [1.807, 2.05) is 25.1 Å². The molecule has 0 aromatic heterocycles. The molecule has 1 heterocycles. The van der Waals surface area contributed by atoms with Gasteiger partial charge >= 0.3 is 5.97 Å². The van der Waals surface area contributed by atoms with E-state index in [-0.39, 0.29) is 36.1 Å². The number of rotatable bonds is 6. The predicted molar refractivity (Wildman–Crippen MR) is 107 cm³/mol. The number of anilines is 1. The van der Waals surface area contributed by atoms with Gasteiger partial charge in [0.05, 0.1) is 17.1 Å². The molecule has 0 unspecified atom stereocenters. The van der Waals surface area contributed by atoms with Gasteiger partial charge in [0.15, 0.2) is 16.4 Å². The summed E-state index contributed by atoms with van der Waals surface area (Å²) in [6.45, 7) is -0.363. The van der Waals surface area contributed by atoms with Gasteiger partial charge in [-0.25, -0.2) is 13.2 Å². The average molecular weight is 409 g/mol. The second-order valence-electron chi connectivity index (χ2n) is 7.82. The second kappa shape index (κ2) is 8.51. The molecule has 1 aliphatic heterocycles. The Balaban J connectivity index is 1.66. The molecule has 0 bridgehead atoms. The van der Waals surface area contributed by atoms with Crippen LogP contribution in [0.25, 0.3) is 0 Å². The Kier molecular flexibility index (Phi) is 6.27. The van der Waals surface area contributed by atoms with Gasteiger partial charge in [0, 0.05) is 31.9 Å². The van der Waals surface area contributed by atoms with E-state index in [1.54, 1.807) is 23.1 Å². The first-order valence-corrected chi connectivity index (χ1v) is 11.5. The lowest BCUT2D eigenvalue weighted by Gasteiger charge is -2.33. The van der Waals surface area contributed by atoms with E-state index in [4.69, 9.17) is 4.74 Å². The molecule has 8 heteroatoms. The number of nitrogens with zero attached hydrogens (tertiary/aromatic N) is 2. The zero-order valence-corrected chi connectivity index (χ0v) is 17.3. The van der Waals surface area contributed by atoms with Gasteiger partial charge in [0.1, 0.15) is 0 Å². The van der Waals surface area contributed by atoms with Gasteiger partial charge < -0.3 is 14.5 Å². The molecule has 2 fully saturated rings. The summed E-state index contributed by atoms with van der Waals surface area (Å²) in [5, 5.41) is 0. The van der Waals surface area contributed by atoms with Crippen LogP contribution in [-0.2, 0) is 19.4 Å². The zero-order chi connectivity index (χ0) is 20.3. The highest BCUT2D eigenvalue weighted by molar-refractivity contribution is 7.91. The minimum atomic E-state index is -3.10. The third-order valence-corrected chi connectivity index (χ3v) is 7.28. The van der Waals surface area contributed by atoms with Crippen molar-refractivity contribution in [3.63, 3.8) is 0 Å². The van der Waals surface area contributed by atoms with Gasteiger partial charge in [-0.15, -0.1) is 0 Å². The number of carbonyl (C=O) groups is 2. The first-order chi connectivity index (χ1) is 13.3. The Morgan fingerprint density at radius 1 is 1.11 bits per heavy atom. The number of carbonyl (C=O) groups excluding carboxylic acids is 2. The van der Waals surface area contributed by atoms with Crippen molar-refractivity contribution in [1.29, 1.82) is 0 Å². The van der Waals surface area contributed by atoms with E-state index in [0.717, 1.165) is 31.4 Å². The van der Waals surface area contributed by atoms with Crippen LogP contribution in [0.2, 0.25) is 0 Å². The van der Waals surface area contributed by atoms with Crippen LogP contribution in [0.1, 0.15) is 42.5 Å². The largest absolute Gasteiger partial charge is 0.452 e. The van der Waals surface area contributed by atoms with Gasteiger partial charge in [-0.3, -0.25) is 4.79 Å². The van der Waals surface area contributed by atoms with Gasteiger partial charge in [-0.2, -0.15) is 0 Å². The van der Waals surface area contributed by atoms with E-state index in [9.17, 15) is 18.0 Å². The van der Waals surface area contributed by atoms with Crippen LogP contribution in [0.5, 0.6) is 0 Å². The highest BCUT2D eigenvalue weighted by Gasteiger charge is 2.39. The number of esters is 1. The summed E-state index contributed by atoms with van der Waals surface area (Å²) in [4.78, 5) is 28.8. The molecule has 0 radical (unpaired) electrons. The van der Waals surface area contributed by atoms with Crippen molar-refractivity contribution < 1.29 is 22.7 Å². The Hall–Kier alpha value is -2.09. The quantitative estimate of drug-likeness (QED) is 0.668. The molecule has 2 aliphatic rings. The normalized spacial score (nSPS) is 21.4. The number of sulfone groups is 1. The van der Waals surface area contributed by atoms with E-state index < -0.39 is 15.8 Å². The van der Waals surface area contributed by atoms with Crippen molar-refractivity contribution in [3.8, 4) is 0 Å². The van der Waals surface area contributed by atoms with Crippen molar-refractivity contribution in [3.05, 3.63) is 29.8 Å². The van der Waals surface area contributed by atoms with Crippen molar-refractivity contribution in [2.45, 2.75) is 44.2 Å². The molecule has 7 nitrogen and oxygen atoms in total. The first-order valence-electron chi connectivity index (χ1n) is 9.73. The summed E-state index contributed by atoms with van der Waals surface area (Å²) < 4.78 is 29.1. The van der Waals surface area contributed by atoms with E-state index in [0.29, 0.717) is 12.0 Å². The van der Waals surface area contributed by atoms with Crippen molar-refractivity contribution in [2.75, 3.05) is 37.1 Å². The second-order valence-corrected chi connectivity index (χ2v) is 10.0. The molecular weight excluding hydrogens is 380 g/mol. The monoisotopic (exact) mass is 408 g/mol. The molecule has 1 aliphatic carbocycles. The van der Waals surface area contributed by atoms with E-state index in [2.05, 4.69) is 0 Å². The van der Waals surface area contributed by atoms with Crippen LogP contribution in [-0.4, -0.2) is 69.5 Å². The summed E-state index contributed by atoms with van der Waals surface area (Å²) in [5.74, 6) is -0.729. The van der Waals surface area contributed by atoms with Crippen LogP contribution in [0, 0.1) is 0 Å². The van der Waals surface area contributed by atoms with E-state index in [1.165, 1.54) is 0 Å².